The lowest BCUT2D eigenvalue weighted by Gasteiger charge is -2.39. The molecule has 2 aliphatic carbocycles. The summed E-state index contributed by atoms with van der Waals surface area (Å²) in [7, 11) is 2.17. The van der Waals surface area contributed by atoms with Gasteiger partial charge in [0.15, 0.2) is 0 Å². The molecule has 0 aromatic rings. The van der Waals surface area contributed by atoms with E-state index in [1.54, 1.807) is 0 Å². The van der Waals surface area contributed by atoms with Gasteiger partial charge in [-0.1, -0.05) is 27.2 Å². The lowest BCUT2D eigenvalue weighted by atomic mass is 9.76. The lowest BCUT2D eigenvalue weighted by Crippen LogP contribution is -2.45. The van der Waals surface area contributed by atoms with E-state index in [1.165, 1.54) is 58.0 Å². The maximum absolute atomic E-state index is 3.60. The van der Waals surface area contributed by atoms with E-state index in [0.29, 0.717) is 0 Å². The molecule has 2 nitrogen and oxygen atoms in total. The highest BCUT2D eigenvalue weighted by Gasteiger charge is 2.34. The molecule has 2 saturated carbocycles. The third-order valence-electron chi connectivity index (χ3n) is 5.57. The van der Waals surface area contributed by atoms with Crippen LogP contribution in [0.3, 0.4) is 0 Å². The van der Waals surface area contributed by atoms with Crippen LogP contribution in [-0.4, -0.2) is 37.1 Å². The van der Waals surface area contributed by atoms with Crippen molar-refractivity contribution in [3.63, 3.8) is 0 Å². The van der Waals surface area contributed by atoms with Crippen LogP contribution in [0.1, 0.15) is 65.7 Å². The summed E-state index contributed by atoms with van der Waals surface area (Å²) in [6.07, 6.45) is 9.93. The summed E-state index contributed by atoms with van der Waals surface area (Å²) < 4.78 is 0. The molecule has 0 saturated heterocycles. The van der Waals surface area contributed by atoms with Crippen LogP contribution >= 0.6 is 0 Å². The van der Waals surface area contributed by atoms with Crippen LogP contribution in [0.2, 0.25) is 0 Å². The first-order valence-corrected chi connectivity index (χ1v) is 9.05. The zero-order valence-electron chi connectivity index (χ0n) is 14.2. The average molecular weight is 280 g/mol. The Kier molecular flexibility index (Phi) is 6.35. The Morgan fingerprint density at radius 3 is 2.45 bits per heavy atom. The molecule has 0 aliphatic heterocycles. The molecule has 0 radical (unpaired) electrons. The Morgan fingerprint density at radius 2 is 1.90 bits per heavy atom. The van der Waals surface area contributed by atoms with Crippen molar-refractivity contribution in [2.75, 3.05) is 20.1 Å². The quantitative estimate of drug-likeness (QED) is 0.725. The van der Waals surface area contributed by atoms with E-state index in [1.807, 2.05) is 0 Å². The summed E-state index contributed by atoms with van der Waals surface area (Å²) in [5, 5.41) is 3.60. The SMILES string of the molecule is CCC1CCC(NC)C(CN(CCC(C)C)C2CC2)C1. The molecule has 1 N–H and O–H groups in total. The topological polar surface area (TPSA) is 15.3 Å². The van der Waals surface area contributed by atoms with Gasteiger partial charge in [-0.2, -0.15) is 0 Å². The first kappa shape index (κ1) is 16.3. The monoisotopic (exact) mass is 280 g/mol. The Morgan fingerprint density at radius 1 is 1.15 bits per heavy atom. The zero-order valence-corrected chi connectivity index (χ0v) is 14.2. The first-order valence-electron chi connectivity index (χ1n) is 9.05. The van der Waals surface area contributed by atoms with Gasteiger partial charge in [-0.15, -0.1) is 0 Å². The average Bonchev–Trinajstić information content (AvgIpc) is 3.27. The molecule has 0 aromatic heterocycles. The summed E-state index contributed by atoms with van der Waals surface area (Å²) in [4.78, 5) is 2.83. The lowest BCUT2D eigenvalue weighted by molar-refractivity contribution is 0.133. The molecular weight excluding hydrogens is 244 g/mol. The molecular formula is C18H36N2. The van der Waals surface area contributed by atoms with Crippen molar-refractivity contribution in [3.8, 4) is 0 Å². The zero-order chi connectivity index (χ0) is 14.5. The van der Waals surface area contributed by atoms with Crippen molar-refractivity contribution >= 4 is 0 Å². The maximum Gasteiger partial charge on any atom is 0.0105 e. The van der Waals surface area contributed by atoms with Crippen LogP contribution in [0.4, 0.5) is 0 Å². The van der Waals surface area contributed by atoms with E-state index >= 15 is 0 Å². The Balaban J connectivity index is 1.88. The van der Waals surface area contributed by atoms with Gasteiger partial charge in [0.2, 0.25) is 0 Å². The van der Waals surface area contributed by atoms with Crippen molar-refractivity contribution < 1.29 is 0 Å². The Hall–Kier alpha value is -0.0800. The number of rotatable bonds is 8. The number of nitrogens with zero attached hydrogens (tertiary/aromatic N) is 1. The Labute approximate surface area is 126 Å². The second-order valence-electron chi connectivity index (χ2n) is 7.65. The van der Waals surface area contributed by atoms with Gasteiger partial charge >= 0.3 is 0 Å². The van der Waals surface area contributed by atoms with Crippen molar-refractivity contribution in [1.82, 2.24) is 10.2 Å². The van der Waals surface area contributed by atoms with Crippen LogP contribution in [0.5, 0.6) is 0 Å². The van der Waals surface area contributed by atoms with Gasteiger partial charge in [0.1, 0.15) is 0 Å². The normalized spacial score (nSPS) is 31.2. The number of hydrogen-bond donors (Lipinski definition) is 1. The fourth-order valence-electron chi connectivity index (χ4n) is 3.90. The molecule has 0 bridgehead atoms. The van der Waals surface area contributed by atoms with Gasteiger partial charge in [-0.05, 0) is 69.9 Å². The molecule has 0 aromatic carbocycles. The molecule has 3 unspecified atom stereocenters. The van der Waals surface area contributed by atoms with Crippen LogP contribution in [-0.2, 0) is 0 Å². The summed E-state index contributed by atoms with van der Waals surface area (Å²) >= 11 is 0. The molecule has 2 heteroatoms. The minimum Gasteiger partial charge on any atom is -0.317 e. The Bertz CT molecular complexity index is 273. The van der Waals surface area contributed by atoms with E-state index in [-0.39, 0.29) is 0 Å². The molecule has 0 heterocycles. The highest BCUT2D eigenvalue weighted by atomic mass is 15.2. The molecule has 20 heavy (non-hydrogen) atoms. The second kappa shape index (κ2) is 7.79. The third-order valence-corrected chi connectivity index (χ3v) is 5.57. The molecule has 0 spiro atoms. The van der Waals surface area contributed by atoms with Crippen molar-refractivity contribution in [1.29, 1.82) is 0 Å². The molecule has 118 valence electrons. The minimum atomic E-state index is 0.762. The second-order valence-corrected chi connectivity index (χ2v) is 7.65. The van der Waals surface area contributed by atoms with Gasteiger partial charge < -0.3 is 10.2 Å². The first-order chi connectivity index (χ1) is 9.63. The van der Waals surface area contributed by atoms with Gasteiger partial charge in [-0.3, -0.25) is 0 Å². The fourth-order valence-corrected chi connectivity index (χ4v) is 3.90. The third kappa shape index (κ3) is 4.73. The highest BCUT2D eigenvalue weighted by molar-refractivity contribution is 4.90. The summed E-state index contributed by atoms with van der Waals surface area (Å²) in [5.74, 6) is 2.70. The van der Waals surface area contributed by atoms with Crippen LogP contribution in [0, 0.1) is 17.8 Å². The van der Waals surface area contributed by atoms with E-state index in [0.717, 1.165) is 29.8 Å². The molecule has 3 atom stereocenters. The number of hydrogen-bond acceptors (Lipinski definition) is 2. The molecule has 2 fully saturated rings. The molecule has 0 amide bonds. The van der Waals surface area contributed by atoms with E-state index in [2.05, 4.69) is 38.0 Å². The van der Waals surface area contributed by atoms with Crippen molar-refractivity contribution in [3.05, 3.63) is 0 Å². The molecule has 2 aliphatic rings. The van der Waals surface area contributed by atoms with Gasteiger partial charge in [-0.25, -0.2) is 0 Å². The van der Waals surface area contributed by atoms with E-state index in [9.17, 15) is 0 Å². The van der Waals surface area contributed by atoms with Crippen LogP contribution in [0.15, 0.2) is 0 Å². The van der Waals surface area contributed by atoms with E-state index < -0.39 is 0 Å². The largest absolute Gasteiger partial charge is 0.317 e. The predicted molar refractivity (Wildman–Crippen MR) is 88.0 cm³/mol. The van der Waals surface area contributed by atoms with E-state index in [4.69, 9.17) is 0 Å². The van der Waals surface area contributed by atoms with Gasteiger partial charge in [0.05, 0.1) is 0 Å². The van der Waals surface area contributed by atoms with Crippen LogP contribution in [0.25, 0.3) is 0 Å². The summed E-state index contributed by atoms with van der Waals surface area (Å²) in [5.41, 5.74) is 0. The maximum atomic E-state index is 3.60. The van der Waals surface area contributed by atoms with Crippen molar-refractivity contribution in [2.24, 2.45) is 17.8 Å². The number of nitrogens with one attached hydrogen (secondary N) is 1. The van der Waals surface area contributed by atoms with Crippen molar-refractivity contribution in [2.45, 2.75) is 77.8 Å². The standard InChI is InChI=1S/C18H36N2/c1-5-15-6-9-18(19-4)16(12-15)13-20(17-7-8-17)11-10-14(2)3/h14-19H,5-13H2,1-4H3. The predicted octanol–water partition coefficient (Wildman–Crippen LogP) is 3.91. The summed E-state index contributed by atoms with van der Waals surface area (Å²) in [6.45, 7) is 9.76. The fraction of sp³-hybridized carbons (Fsp3) is 1.00. The van der Waals surface area contributed by atoms with Gasteiger partial charge in [0.25, 0.3) is 0 Å². The molecule has 2 rings (SSSR count). The minimum absolute atomic E-state index is 0.762. The summed E-state index contributed by atoms with van der Waals surface area (Å²) in [6, 6.07) is 1.69. The highest BCUT2D eigenvalue weighted by Crippen LogP contribution is 2.35. The van der Waals surface area contributed by atoms with Gasteiger partial charge in [0, 0.05) is 18.6 Å². The smallest absolute Gasteiger partial charge is 0.0105 e. The van der Waals surface area contributed by atoms with Crippen LogP contribution < -0.4 is 5.32 Å².